The minimum Gasteiger partial charge on any atom is -0.431 e. The molecule has 0 spiro atoms. The van der Waals surface area contributed by atoms with E-state index in [0.29, 0.717) is 42.7 Å². The lowest BCUT2D eigenvalue weighted by Crippen LogP contribution is -2.49. The standard InChI is InChI=1S/C25H22N4O4S/c30-24(28-14-12-27(13-15-28)19-7-5-8-20(16-19)29(31)32)21-9-2-1-6-18(21)17-34-25-26-22-10-3-4-11-23(22)33-25/h1-11,16H,12-15,17H2. The van der Waals surface area contributed by atoms with Crippen molar-refractivity contribution in [1.82, 2.24) is 9.88 Å². The molecule has 9 heteroatoms. The fourth-order valence-electron chi connectivity index (χ4n) is 4.05. The van der Waals surface area contributed by atoms with Crippen LogP contribution in [-0.4, -0.2) is 46.9 Å². The van der Waals surface area contributed by atoms with E-state index in [1.165, 1.54) is 17.8 Å². The number of piperazine rings is 1. The number of oxazole rings is 1. The Morgan fingerprint density at radius 3 is 2.56 bits per heavy atom. The van der Waals surface area contributed by atoms with Crippen molar-refractivity contribution in [2.75, 3.05) is 31.1 Å². The molecule has 34 heavy (non-hydrogen) atoms. The van der Waals surface area contributed by atoms with Crippen molar-refractivity contribution < 1.29 is 14.1 Å². The number of benzene rings is 3. The van der Waals surface area contributed by atoms with Gasteiger partial charge in [0.25, 0.3) is 16.8 Å². The van der Waals surface area contributed by atoms with Crippen LogP contribution >= 0.6 is 11.8 Å². The van der Waals surface area contributed by atoms with Crippen LogP contribution in [0.5, 0.6) is 0 Å². The van der Waals surface area contributed by atoms with E-state index in [1.54, 1.807) is 12.1 Å². The maximum Gasteiger partial charge on any atom is 0.271 e. The van der Waals surface area contributed by atoms with Crippen molar-refractivity contribution in [2.45, 2.75) is 11.0 Å². The van der Waals surface area contributed by atoms with Crippen LogP contribution in [0.15, 0.2) is 82.4 Å². The number of aromatic nitrogens is 1. The van der Waals surface area contributed by atoms with Gasteiger partial charge in [-0.25, -0.2) is 4.98 Å². The van der Waals surface area contributed by atoms with Crippen molar-refractivity contribution in [3.8, 4) is 0 Å². The zero-order chi connectivity index (χ0) is 23.5. The monoisotopic (exact) mass is 474 g/mol. The van der Waals surface area contributed by atoms with Gasteiger partial charge in [-0.2, -0.15) is 0 Å². The van der Waals surface area contributed by atoms with Crippen LogP contribution in [-0.2, 0) is 5.75 Å². The molecule has 1 amide bonds. The molecule has 1 aliphatic heterocycles. The normalized spacial score (nSPS) is 13.9. The van der Waals surface area contributed by atoms with Gasteiger partial charge in [-0.3, -0.25) is 14.9 Å². The molecule has 1 saturated heterocycles. The lowest BCUT2D eigenvalue weighted by Gasteiger charge is -2.36. The SMILES string of the molecule is O=C(c1ccccc1CSc1nc2ccccc2o1)N1CCN(c2cccc([N+](=O)[O-])c2)CC1. The van der Waals surface area contributed by atoms with Crippen LogP contribution in [0.2, 0.25) is 0 Å². The highest BCUT2D eigenvalue weighted by molar-refractivity contribution is 7.98. The first-order chi connectivity index (χ1) is 16.6. The summed E-state index contributed by atoms with van der Waals surface area (Å²) in [5, 5.41) is 11.7. The number of carbonyl (C=O) groups excluding carboxylic acids is 1. The van der Waals surface area contributed by atoms with E-state index in [-0.39, 0.29) is 16.5 Å². The summed E-state index contributed by atoms with van der Waals surface area (Å²) in [5.74, 6) is 0.565. The highest BCUT2D eigenvalue weighted by Crippen LogP contribution is 2.28. The van der Waals surface area contributed by atoms with Gasteiger partial charge in [0.15, 0.2) is 5.58 Å². The van der Waals surface area contributed by atoms with Gasteiger partial charge < -0.3 is 14.2 Å². The van der Waals surface area contributed by atoms with Crippen molar-refractivity contribution in [2.24, 2.45) is 0 Å². The number of non-ortho nitro benzene ring substituents is 1. The summed E-state index contributed by atoms with van der Waals surface area (Å²) in [6.45, 7) is 2.34. The lowest BCUT2D eigenvalue weighted by molar-refractivity contribution is -0.384. The van der Waals surface area contributed by atoms with Gasteiger partial charge in [0.2, 0.25) is 0 Å². The Bertz CT molecular complexity index is 1310. The Morgan fingerprint density at radius 2 is 1.76 bits per heavy atom. The summed E-state index contributed by atoms with van der Waals surface area (Å²) in [4.78, 5) is 32.4. The predicted molar refractivity (Wildman–Crippen MR) is 131 cm³/mol. The highest BCUT2D eigenvalue weighted by Gasteiger charge is 2.24. The first-order valence-electron chi connectivity index (χ1n) is 10.9. The molecule has 0 atom stereocenters. The first kappa shape index (κ1) is 22.0. The Labute approximate surface area is 200 Å². The molecule has 0 N–H and O–H groups in total. The Balaban J connectivity index is 1.25. The van der Waals surface area contributed by atoms with Crippen LogP contribution < -0.4 is 4.90 Å². The van der Waals surface area contributed by atoms with Gasteiger partial charge in [-0.15, -0.1) is 0 Å². The van der Waals surface area contributed by atoms with Crippen LogP contribution in [0.3, 0.4) is 0 Å². The van der Waals surface area contributed by atoms with Gasteiger partial charge in [0.1, 0.15) is 5.52 Å². The topological polar surface area (TPSA) is 92.7 Å². The Kier molecular flexibility index (Phi) is 6.18. The van der Waals surface area contributed by atoms with Crippen LogP contribution in [0, 0.1) is 10.1 Å². The Hall–Kier alpha value is -3.85. The minimum atomic E-state index is -0.390. The summed E-state index contributed by atoms with van der Waals surface area (Å²) in [6, 6.07) is 21.9. The average Bonchev–Trinajstić information content (AvgIpc) is 3.30. The van der Waals surface area contributed by atoms with Crippen LogP contribution in [0.1, 0.15) is 15.9 Å². The summed E-state index contributed by atoms with van der Waals surface area (Å²) in [5.41, 5.74) is 4.04. The number of amides is 1. The molecule has 4 aromatic rings. The predicted octanol–water partition coefficient (Wildman–Crippen LogP) is 4.99. The van der Waals surface area contributed by atoms with E-state index >= 15 is 0 Å². The maximum absolute atomic E-state index is 13.3. The number of rotatable bonds is 6. The lowest BCUT2D eigenvalue weighted by atomic mass is 10.1. The summed E-state index contributed by atoms with van der Waals surface area (Å²) < 4.78 is 5.79. The Morgan fingerprint density at radius 1 is 1.00 bits per heavy atom. The second-order valence-corrected chi connectivity index (χ2v) is 8.88. The number of hydrogen-bond acceptors (Lipinski definition) is 7. The third-order valence-electron chi connectivity index (χ3n) is 5.85. The fraction of sp³-hybridized carbons (Fsp3) is 0.200. The second-order valence-electron chi connectivity index (χ2n) is 7.95. The molecule has 172 valence electrons. The van der Waals surface area contributed by atoms with Crippen molar-refractivity contribution in [1.29, 1.82) is 0 Å². The number of carbonyl (C=O) groups is 1. The molecule has 5 rings (SSSR count). The summed E-state index contributed by atoms with van der Waals surface area (Å²) >= 11 is 1.47. The summed E-state index contributed by atoms with van der Waals surface area (Å²) in [7, 11) is 0. The number of hydrogen-bond donors (Lipinski definition) is 0. The molecule has 0 aliphatic carbocycles. The quantitative estimate of drug-likeness (QED) is 0.221. The second kappa shape index (κ2) is 9.56. The first-order valence-corrected chi connectivity index (χ1v) is 11.9. The zero-order valence-corrected chi connectivity index (χ0v) is 19.1. The number of nitro groups is 1. The molecule has 3 aromatic carbocycles. The van der Waals surface area contributed by atoms with Gasteiger partial charge >= 0.3 is 0 Å². The fourth-order valence-corrected chi connectivity index (χ4v) is 4.89. The van der Waals surface area contributed by atoms with Crippen molar-refractivity contribution in [3.05, 3.63) is 94.0 Å². The molecular weight excluding hydrogens is 452 g/mol. The number of fused-ring (bicyclic) bond motifs is 1. The molecule has 0 saturated carbocycles. The van der Waals surface area contributed by atoms with Gasteiger partial charge in [0, 0.05) is 55.3 Å². The highest BCUT2D eigenvalue weighted by atomic mass is 32.2. The van der Waals surface area contributed by atoms with Crippen LogP contribution in [0.25, 0.3) is 11.1 Å². The number of nitrogens with zero attached hydrogens (tertiary/aromatic N) is 4. The molecule has 2 heterocycles. The van der Waals surface area contributed by atoms with Gasteiger partial charge in [-0.05, 0) is 29.8 Å². The summed E-state index contributed by atoms with van der Waals surface area (Å²) in [6.07, 6.45) is 0. The van der Waals surface area contributed by atoms with Gasteiger partial charge in [-0.1, -0.05) is 48.2 Å². The van der Waals surface area contributed by atoms with E-state index in [1.807, 2.05) is 59.5 Å². The maximum atomic E-state index is 13.3. The number of nitro benzene ring substituents is 1. The molecule has 0 radical (unpaired) electrons. The minimum absolute atomic E-state index is 0.00698. The van der Waals surface area contributed by atoms with E-state index in [0.717, 1.165) is 22.4 Å². The molecule has 0 unspecified atom stereocenters. The van der Waals surface area contributed by atoms with Crippen molar-refractivity contribution >= 4 is 40.1 Å². The van der Waals surface area contributed by atoms with E-state index in [9.17, 15) is 14.9 Å². The van der Waals surface area contributed by atoms with E-state index in [2.05, 4.69) is 9.88 Å². The number of thioether (sulfide) groups is 1. The average molecular weight is 475 g/mol. The molecule has 1 aliphatic rings. The zero-order valence-electron chi connectivity index (χ0n) is 18.3. The van der Waals surface area contributed by atoms with E-state index in [4.69, 9.17) is 4.42 Å². The molecule has 1 aromatic heterocycles. The number of para-hydroxylation sites is 2. The number of anilines is 1. The van der Waals surface area contributed by atoms with Crippen molar-refractivity contribution in [3.63, 3.8) is 0 Å². The third-order valence-corrected chi connectivity index (χ3v) is 6.72. The smallest absolute Gasteiger partial charge is 0.271 e. The van der Waals surface area contributed by atoms with E-state index < -0.39 is 0 Å². The third kappa shape index (κ3) is 4.60. The van der Waals surface area contributed by atoms with Gasteiger partial charge in [0.05, 0.1) is 4.92 Å². The molecular formula is C25H22N4O4S. The van der Waals surface area contributed by atoms with Crippen LogP contribution in [0.4, 0.5) is 11.4 Å². The molecule has 8 nitrogen and oxygen atoms in total. The molecule has 1 fully saturated rings. The largest absolute Gasteiger partial charge is 0.431 e. The molecule has 0 bridgehead atoms.